The van der Waals surface area contributed by atoms with Gasteiger partial charge in [-0.15, -0.1) is 10.2 Å². The number of carbonyl (C=O) groups is 2. The quantitative estimate of drug-likeness (QED) is 0.702. The van der Waals surface area contributed by atoms with Gasteiger partial charge in [0.1, 0.15) is 0 Å². The molecule has 0 atom stereocenters. The van der Waals surface area contributed by atoms with Gasteiger partial charge in [0.15, 0.2) is 17.3 Å². The molecular formula is C19H20N4O2. The second-order valence-electron chi connectivity index (χ2n) is 6.06. The standard InChI is InChI=1S/C19H20N4O2/c1-13-6-7-14(2)15(11-13)16(24)8-9-19(25)20-12-18-22-21-17-5-3-4-10-23(17)18/h3-7,10-11H,8-9,12H2,1-2H3,(H,20,25). The zero-order valence-corrected chi connectivity index (χ0v) is 14.3. The van der Waals surface area contributed by atoms with E-state index in [-0.39, 0.29) is 31.1 Å². The second-order valence-corrected chi connectivity index (χ2v) is 6.06. The molecule has 0 saturated carbocycles. The zero-order chi connectivity index (χ0) is 17.8. The van der Waals surface area contributed by atoms with E-state index >= 15 is 0 Å². The van der Waals surface area contributed by atoms with Gasteiger partial charge in [-0.05, 0) is 37.6 Å². The van der Waals surface area contributed by atoms with Crippen LogP contribution in [0, 0.1) is 13.8 Å². The molecule has 0 aliphatic carbocycles. The maximum absolute atomic E-state index is 12.3. The molecule has 1 aromatic carbocycles. The molecule has 0 aliphatic rings. The molecule has 0 saturated heterocycles. The molecule has 0 spiro atoms. The van der Waals surface area contributed by atoms with Gasteiger partial charge >= 0.3 is 0 Å². The van der Waals surface area contributed by atoms with E-state index in [4.69, 9.17) is 0 Å². The molecule has 3 aromatic rings. The molecule has 0 bridgehead atoms. The number of pyridine rings is 1. The number of hydrogen-bond acceptors (Lipinski definition) is 4. The van der Waals surface area contributed by atoms with E-state index in [1.54, 1.807) is 0 Å². The van der Waals surface area contributed by atoms with Crippen molar-refractivity contribution in [2.24, 2.45) is 0 Å². The number of rotatable bonds is 6. The van der Waals surface area contributed by atoms with Gasteiger partial charge in [0.05, 0.1) is 6.54 Å². The van der Waals surface area contributed by atoms with E-state index in [0.717, 1.165) is 16.8 Å². The van der Waals surface area contributed by atoms with Gasteiger partial charge in [0.25, 0.3) is 0 Å². The molecule has 0 unspecified atom stereocenters. The average molecular weight is 336 g/mol. The van der Waals surface area contributed by atoms with Crippen LogP contribution in [0.5, 0.6) is 0 Å². The first kappa shape index (κ1) is 16.8. The highest BCUT2D eigenvalue weighted by atomic mass is 16.2. The van der Waals surface area contributed by atoms with Gasteiger partial charge in [0.2, 0.25) is 5.91 Å². The first-order chi connectivity index (χ1) is 12.0. The molecule has 0 fully saturated rings. The SMILES string of the molecule is Cc1ccc(C)c(C(=O)CCC(=O)NCc2nnc3ccccn23)c1. The molecule has 25 heavy (non-hydrogen) atoms. The fraction of sp³-hybridized carbons (Fsp3) is 0.263. The molecule has 0 radical (unpaired) electrons. The first-order valence-electron chi connectivity index (χ1n) is 8.20. The summed E-state index contributed by atoms with van der Waals surface area (Å²) in [4.78, 5) is 24.4. The van der Waals surface area contributed by atoms with Crippen molar-refractivity contribution in [1.82, 2.24) is 19.9 Å². The molecular weight excluding hydrogens is 316 g/mol. The van der Waals surface area contributed by atoms with Crippen LogP contribution in [-0.2, 0) is 11.3 Å². The molecule has 3 rings (SSSR count). The summed E-state index contributed by atoms with van der Waals surface area (Å²) in [6.07, 6.45) is 2.19. The molecule has 6 nitrogen and oxygen atoms in total. The number of carbonyl (C=O) groups excluding carboxylic acids is 2. The van der Waals surface area contributed by atoms with Gasteiger partial charge < -0.3 is 5.32 Å². The van der Waals surface area contributed by atoms with E-state index in [1.807, 2.05) is 60.8 Å². The Morgan fingerprint density at radius 1 is 1.08 bits per heavy atom. The summed E-state index contributed by atoms with van der Waals surface area (Å²) in [6.45, 7) is 4.14. The van der Waals surface area contributed by atoms with Gasteiger partial charge in [-0.25, -0.2) is 0 Å². The lowest BCUT2D eigenvalue weighted by Gasteiger charge is -2.07. The van der Waals surface area contributed by atoms with Crippen molar-refractivity contribution in [3.63, 3.8) is 0 Å². The minimum absolute atomic E-state index is 0.00993. The number of benzene rings is 1. The number of ketones is 1. The Kier molecular flexibility index (Phi) is 4.88. The van der Waals surface area contributed by atoms with Crippen molar-refractivity contribution >= 4 is 17.3 Å². The van der Waals surface area contributed by atoms with E-state index in [9.17, 15) is 9.59 Å². The average Bonchev–Trinajstić information content (AvgIpc) is 3.03. The number of aryl methyl sites for hydroxylation is 2. The van der Waals surface area contributed by atoms with Gasteiger partial charge in [-0.1, -0.05) is 23.8 Å². The maximum atomic E-state index is 12.3. The summed E-state index contributed by atoms with van der Waals surface area (Å²) >= 11 is 0. The summed E-state index contributed by atoms with van der Waals surface area (Å²) in [5.41, 5.74) is 3.40. The summed E-state index contributed by atoms with van der Waals surface area (Å²) < 4.78 is 1.82. The number of Topliss-reactive ketones (excluding diaryl/α,β-unsaturated/α-hetero) is 1. The van der Waals surface area contributed by atoms with Crippen LogP contribution in [0.1, 0.15) is 40.2 Å². The van der Waals surface area contributed by atoms with E-state index in [2.05, 4.69) is 15.5 Å². The Hall–Kier alpha value is -3.02. The van der Waals surface area contributed by atoms with Crippen LogP contribution >= 0.6 is 0 Å². The Morgan fingerprint density at radius 3 is 2.76 bits per heavy atom. The van der Waals surface area contributed by atoms with Crippen molar-refractivity contribution in [2.45, 2.75) is 33.2 Å². The predicted molar refractivity (Wildman–Crippen MR) is 94.3 cm³/mol. The van der Waals surface area contributed by atoms with Crippen molar-refractivity contribution in [2.75, 3.05) is 0 Å². The lowest BCUT2D eigenvalue weighted by atomic mass is 9.99. The summed E-state index contributed by atoms with van der Waals surface area (Å²) in [7, 11) is 0. The number of fused-ring (bicyclic) bond motifs is 1. The van der Waals surface area contributed by atoms with Crippen LogP contribution in [-0.4, -0.2) is 26.3 Å². The molecule has 0 aliphatic heterocycles. The Labute approximate surface area is 145 Å². The summed E-state index contributed by atoms with van der Waals surface area (Å²) in [5.74, 6) is 0.473. The van der Waals surface area contributed by atoms with Crippen molar-refractivity contribution < 1.29 is 9.59 Å². The van der Waals surface area contributed by atoms with Crippen LogP contribution in [0.15, 0.2) is 42.6 Å². The highest BCUT2D eigenvalue weighted by Crippen LogP contribution is 2.14. The largest absolute Gasteiger partial charge is 0.349 e. The van der Waals surface area contributed by atoms with Crippen LogP contribution in [0.2, 0.25) is 0 Å². The van der Waals surface area contributed by atoms with Crippen LogP contribution in [0.4, 0.5) is 0 Å². The Bertz CT molecular complexity index is 930. The lowest BCUT2D eigenvalue weighted by Crippen LogP contribution is -2.24. The predicted octanol–water partition coefficient (Wildman–Crippen LogP) is 2.63. The number of aromatic nitrogens is 3. The normalized spacial score (nSPS) is 10.8. The van der Waals surface area contributed by atoms with Crippen molar-refractivity contribution in [1.29, 1.82) is 0 Å². The molecule has 1 N–H and O–H groups in total. The third-order valence-corrected chi connectivity index (χ3v) is 4.10. The fourth-order valence-corrected chi connectivity index (χ4v) is 2.68. The maximum Gasteiger partial charge on any atom is 0.220 e. The monoisotopic (exact) mass is 336 g/mol. The van der Waals surface area contributed by atoms with Crippen LogP contribution < -0.4 is 5.32 Å². The lowest BCUT2D eigenvalue weighted by molar-refractivity contribution is -0.121. The number of nitrogens with one attached hydrogen (secondary N) is 1. The summed E-state index contributed by atoms with van der Waals surface area (Å²) in [6, 6.07) is 11.4. The highest BCUT2D eigenvalue weighted by Gasteiger charge is 2.12. The van der Waals surface area contributed by atoms with E-state index in [0.29, 0.717) is 11.4 Å². The Balaban J connectivity index is 1.54. The number of hydrogen-bond donors (Lipinski definition) is 1. The van der Waals surface area contributed by atoms with Gasteiger partial charge in [-0.3, -0.25) is 14.0 Å². The first-order valence-corrected chi connectivity index (χ1v) is 8.20. The molecule has 2 heterocycles. The van der Waals surface area contributed by atoms with Gasteiger partial charge in [0, 0.05) is 24.6 Å². The van der Waals surface area contributed by atoms with E-state index < -0.39 is 0 Å². The van der Waals surface area contributed by atoms with Crippen LogP contribution in [0.3, 0.4) is 0 Å². The van der Waals surface area contributed by atoms with Crippen molar-refractivity contribution in [3.05, 3.63) is 65.1 Å². The minimum atomic E-state index is -0.175. The fourth-order valence-electron chi connectivity index (χ4n) is 2.68. The van der Waals surface area contributed by atoms with Crippen LogP contribution in [0.25, 0.3) is 5.65 Å². The highest BCUT2D eigenvalue weighted by molar-refractivity contribution is 5.99. The molecule has 6 heteroatoms. The zero-order valence-electron chi connectivity index (χ0n) is 14.3. The third kappa shape index (κ3) is 3.91. The molecule has 128 valence electrons. The molecule has 2 aromatic heterocycles. The number of amides is 1. The Morgan fingerprint density at radius 2 is 1.92 bits per heavy atom. The number of nitrogens with zero attached hydrogens (tertiary/aromatic N) is 3. The van der Waals surface area contributed by atoms with E-state index in [1.165, 1.54) is 0 Å². The van der Waals surface area contributed by atoms with Gasteiger partial charge in [-0.2, -0.15) is 0 Å². The molecule has 1 amide bonds. The second kappa shape index (κ2) is 7.25. The van der Waals surface area contributed by atoms with Crippen molar-refractivity contribution in [3.8, 4) is 0 Å². The topological polar surface area (TPSA) is 76.4 Å². The minimum Gasteiger partial charge on any atom is -0.349 e. The third-order valence-electron chi connectivity index (χ3n) is 4.10. The smallest absolute Gasteiger partial charge is 0.220 e. The summed E-state index contributed by atoms with van der Waals surface area (Å²) in [5, 5.41) is 10.9.